The summed E-state index contributed by atoms with van der Waals surface area (Å²) in [5.74, 6) is -0.437. The first-order valence-electron chi connectivity index (χ1n) is 12.1. The molecule has 8 heteroatoms. The Hall–Kier alpha value is -3.81. The van der Waals surface area contributed by atoms with Crippen LogP contribution in [0.3, 0.4) is 0 Å². The number of carbonyl (C=O) groups is 3. The largest absolute Gasteiger partial charge is 0.289 e. The number of nitro benzene ring substituents is 1. The number of nitrogens with zero attached hydrogens (tertiary/aromatic N) is 3. The molecule has 0 aromatic heterocycles. The summed E-state index contributed by atoms with van der Waals surface area (Å²) in [6.07, 6.45) is 5.96. The Labute approximate surface area is 202 Å². The molecule has 2 aromatic carbocycles. The maximum atomic E-state index is 13.7. The van der Waals surface area contributed by atoms with Crippen LogP contribution in [-0.4, -0.2) is 34.2 Å². The van der Waals surface area contributed by atoms with Crippen molar-refractivity contribution in [2.45, 2.75) is 19.8 Å². The highest BCUT2D eigenvalue weighted by molar-refractivity contribution is 6.10. The number of rotatable bonds is 6. The summed E-state index contributed by atoms with van der Waals surface area (Å²) in [7, 11) is 0. The Morgan fingerprint density at radius 3 is 2.31 bits per heavy atom. The van der Waals surface area contributed by atoms with Gasteiger partial charge in [-0.2, -0.15) is 0 Å². The zero-order chi connectivity index (χ0) is 24.4. The number of aryl methyl sites for hydroxylation is 1. The van der Waals surface area contributed by atoms with Crippen molar-refractivity contribution in [3.05, 3.63) is 81.9 Å². The molecule has 3 fully saturated rings. The summed E-state index contributed by atoms with van der Waals surface area (Å²) in [6, 6.07) is 12.9. The van der Waals surface area contributed by atoms with Crippen LogP contribution >= 0.6 is 0 Å². The average Bonchev–Trinajstić information content (AvgIpc) is 3.67. The fourth-order valence-electron chi connectivity index (χ4n) is 6.53. The number of carbonyl (C=O) groups excluding carboxylic acids is 3. The van der Waals surface area contributed by atoms with Crippen LogP contribution in [0.5, 0.6) is 0 Å². The lowest BCUT2D eigenvalue weighted by atomic mass is 9.63. The zero-order valence-electron chi connectivity index (χ0n) is 19.2. The number of hydrogen-bond donors (Lipinski definition) is 0. The van der Waals surface area contributed by atoms with Gasteiger partial charge in [0.15, 0.2) is 0 Å². The van der Waals surface area contributed by atoms with Crippen molar-refractivity contribution in [2.75, 3.05) is 11.6 Å². The van der Waals surface area contributed by atoms with E-state index in [-0.39, 0.29) is 53.4 Å². The molecule has 4 aliphatic carbocycles. The molecule has 0 spiro atoms. The number of hydrogen-bond acceptors (Lipinski definition) is 5. The second kappa shape index (κ2) is 7.86. The molecule has 1 heterocycles. The monoisotopic (exact) mass is 471 g/mol. The number of amides is 3. The van der Waals surface area contributed by atoms with E-state index in [0.717, 1.165) is 12.0 Å². The molecule has 2 bridgehead atoms. The van der Waals surface area contributed by atoms with E-state index in [0.29, 0.717) is 23.9 Å². The lowest BCUT2D eigenvalue weighted by Gasteiger charge is -2.37. The molecule has 7 rings (SSSR count). The van der Waals surface area contributed by atoms with Crippen molar-refractivity contribution in [2.24, 2.45) is 35.5 Å². The summed E-state index contributed by atoms with van der Waals surface area (Å²) in [5, 5.41) is 11.3. The normalized spacial score (nSPS) is 29.7. The smallest absolute Gasteiger partial charge is 0.270 e. The quantitative estimate of drug-likeness (QED) is 0.276. The molecule has 0 N–H and O–H groups in total. The fraction of sp³-hybridized carbons (Fsp3) is 0.370. The number of likely N-dealkylation sites (tertiary alicyclic amines) is 1. The second-order valence-corrected chi connectivity index (χ2v) is 9.92. The fourth-order valence-corrected chi connectivity index (χ4v) is 6.53. The van der Waals surface area contributed by atoms with E-state index in [9.17, 15) is 24.5 Å². The molecule has 2 saturated carbocycles. The third kappa shape index (κ3) is 3.23. The van der Waals surface area contributed by atoms with Gasteiger partial charge in [-0.25, -0.2) is 0 Å². The van der Waals surface area contributed by atoms with E-state index >= 15 is 0 Å². The number of nitro groups is 1. The highest BCUT2D eigenvalue weighted by Gasteiger charge is 2.67. The van der Waals surface area contributed by atoms with Gasteiger partial charge in [-0.15, -0.1) is 0 Å². The number of imide groups is 1. The van der Waals surface area contributed by atoms with Crippen LogP contribution in [0.4, 0.5) is 11.4 Å². The zero-order valence-corrected chi connectivity index (χ0v) is 19.2. The van der Waals surface area contributed by atoms with Gasteiger partial charge in [-0.05, 0) is 54.2 Å². The van der Waals surface area contributed by atoms with Gasteiger partial charge in [0, 0.05) is 23.4 Å². The van der Waals surface area contributed by atoms with Crippen LogP contribution in [-0.2, 0) is 16.0 Å². The summed E-state index contributed by atoms with van der Waals surface area (Å²) in [4.78, 5) is 54.3. The summed E-state index contributed by atoms with van der Waals surface area (Å²) in [6.45, 7) is 1.75. The lowest BCUT2D eigenvalue weighted by Crippen LogP contribution is -2.45. The highest BCUT2D eigenvalue weighted by atomic mass is 16.6. The molecule has 6 unspecified atom stereocenters. The van der Waals surface area contributed by atoms with Gasteiger partial charge in [0.25, 0.3) is 11.6 Å². The molecule has 6 atom stereocenters. The van der Waals surface area contributed by atoms with Crippen molar-refractivity contribution in [3.8, 4) is 0 Å². The maximum absolute atomic E-state index is 13.7. The van der Waals surface area contributed by atoms with Crippen molar-refractivity contribution >= 4 is 29.1 Å². The van der Waals surface area contributed by atoms with Gasteiger partial charge in [0.05, 0.1) is 16.8 Å². The Morgan fingerprint density at radius 2 is 1.69 bits per heavy atom. The van der Waals surface area contributed by atoms with Crippen LogP contribution in [0.2, 0.25) is 0 Å². The minimum Gasteiger partial charge on any atom is -0.289 e. The molecule has 1 aliphatic heterocycles. The maximum Gasteiger partial charge on any atom is 0.270 e. The van der Waals surface area contributed by atoms with E-state index < -0.39 is 10.8 Å². The van der Waals surface area contributed by atoms with Crippen LogP contribution in [0.1, 0.15) is 29.3 Å². The molecule has 3 amide bonds. The van der Waals surface area contributed by atoms with Crippen molar-refractivity contribution in [1.29, 1.82) is 0 Å². The number of benzene rings is 2. The van der Waals surface area contributed by atoms with E-state index in [1.54, 1.807) is 12.1 Å². The first-order valence-corrected chi connectivity index (χ1v) is 12.1. The predicted octanol–water partition coefficient (Wildman–Crippen LogP) is 3.81. The molecule has 8 nitrogen and oxygen atoms in total. The summed E-state index contributed by atoms with van der Waals surface area (Å²) in [5.41, 5.74) is 1.40. The van der Waals surface area contributed by atoms with E-state index in [4.69, 9.17) is 0 Å². The van der Waals surface area contributed by atoms with Crippen LogP contribution in [0.15, 0.2) is 60.7 Å². The molecule has 1 saturated heterocycles. The third-order valence-corrected chi connectivity index (χ3v) is 8.25. The second-order valence-electron chi connectivity index (χ2n) is 9.92. The molecule has 0 radical (unpaired) electrons. The average molecular weight is 472 g/mol. The molecule has 2 aromatic rings. The van der Waals surface area contributed by atoms with Gasteiger partial charge in [-0.3, -0.25) is 34.3 Å². The number of non-ortho nitro benzene ring substituents is 1. The molecular weight excluding hydrogens is 446 g/mol. The Balaban J connectivity index is 1.37. The van der Waals surface area contributed by atoms with Crippen molar-refractivity contribution in [3.63, 3.8) is 0 Å². The predicted molar refractivity (Wildman–Crippen MR) is 127 cm³/mol. The van der Waals surface area contributed by atoms with Gasteiger partial charge in [0.2, 0.25) is 11.8 Å². The highest BCUT2D eigenvalue weighted by Crippen LogP contribution is 2.65. The molecule has 178 valence electrons. The molecule has 5 aliphatic rings. The first-order chi connectivity index (χ1) is 16.9. The first kappa shape index (κ1) is 21.7. The van der Waals surface area contributed by atoms with Gasteiger partial charge < -0.3 is 0 Å². The van der Waals surface area contributed by atoms with E-state index in [2.05, 4.69) is 12.2 Å². The topological polar surface area (TPSA) is 101 Å². The lowest BCUT2D eigenvalue weighted by molar-refractivity contribution is -0.384. The van der Waals surface area contributed by atoms with Crippen molar-refractivity contribution < 1.29 is 19.3 Å². The van der Waals surface area contributed by atoms with Gasteiger partial charge in [-0.1, -0.05) is 43.3 Å². The summed E-state index contributed by atoms with van der Waals surface area (Å²) < 4.78 is 0. The number of allylic oxidation sites excluding steroid dienone is 2. The SMILES string of the molecule is CCc1ccccc1N(CN1C(=O)C2C3C=CC(C4CC34)C2C1=O)C(=O)c1cccc([N+](=O)[O-])c1. The van der Waals surface area contributed by atoms with Crippen LogP contribution < -0.4 is 4.90 Å². The Bertz CT molecular complexity index is 1270. The minimum absolute atomic E-state index is 0.0975. The standard InChI is InChI=1S/C27H25N3O5/c1-2-15-6-3-4-9-22(15)28(25(31)16-7-5-8-17(12-16)30(34)35)14-29-26(32)23-18-10-11-19(21-13-20(18)21)24(23)27(29)33/h3-12,18-21,23-24H,2,13-14H2,1H3. The van der Waals surface area contributed by atoms with E-state index in [1.807, 2.05) is 19.1 Å². The van der Waals surface area contributed by atoms with Crippen LogP contribution in [0, 0.1) is 45.6 Å². The van der Waals surface area contributed by atoms with Gasteiger partial charge >= 0.3 is 0 Å². The number of anilines is 1. The molecule has 35 heavy (non-hydrogen) atoms. The van der Waals surface area contributed by atoms with Gasteiger partial charge in [0.1, 0.15) is 6.67 Å². The Kier molecular flexibility index (Phi) is 4.88. The van der Waals surface area contributed by atoms with E-state index in [1.165, 1.54) is 34.1 Å². The van der Waals surface area contributed by atoms with Crippen LogP contribution in [0.25, 0.3) is 0 Å². The third-order valence-electron chi connectivity index (χ3n) is 8.25. The summed E-state index contributed by atoms with van der Waals surface area (Å²) >= 11 is 0. The van der Waals surface area contributed by atoms with Crippen molar-refractivity contribution in [1.82, 2.24) is 4.90 Å². The number of para-hydroxylation sites is 1. The Morgan fingerprint density at radius 1 is 1.03 bits per heavy atom. The molecular formula is C27H25N3O5. The minimum atomic E-state index is -0.548.